The SMILES string of the molecule is CCC(=O)N(C)C[C@H]1Oc2cc(-c3cccc(OC)c3)ccc2S(=O)(=O)N([C@@H](C)CO)C[C@@H]1C. The average molecular weight is 491 g/mol. The monoisotopic (exact) mass is 490 g/mol. The first-order valence-electron chi connectivity index (χ1n) is 11.4. The van der Waals surface area contributed by atoms with Gasteiger partial charge in [0.25, 0.3) is 0 Å². The molecule has 1 aliphatic rings. The minimum absolute atomic E-state index is 0.0172. The van der Waals surface area contributed by atoms with Gasteiger partial charge in [-0.3, -0.25) is 4.79 Å². The normalized spacial score (nSPS) is 20.9. The van der Waals surface area contributed by atoms with E-state index < -0.39 is 22.2 Å². The van der Waals surface area contributed by atoms with Gasteiger partial charge in [-0.1, -0.05) is 32.0 Å². The molecule has 1 amide bonds. The zero-order valence-corrected chi connectivity index (χ0v) is 21.2. The maximum absolute atomic E-state index is 13.6. The molecule has 0 aromatic heterocycles. The third-order valence-electron chi connectivity index (χ3n) is 6.25. The van der Waals surface area contributed by atoms with Crippen LogP contribution in [0.5, 0.6) is 11.5 Å². The third-order valence-corrected chi connectivity index (χ3v) is 8.27. The maximum atomic E-state index is 13.6. The summed E-state index contributed by atoms with van der Waals surface area (Å²) in [7, 11) is -0.618. The van der Waals surface area contributed by atoms with Crippen LogP contribution in [-0.4, -0.2) is 74.6 Å². The van der Waals surface area contributed by atoms with Crippen LogP contribution in [0.3, 0.4) is 0 Å². The number of carbonyl (C=O) groups is 1. The first-order valence-corrected chi connectivity index (χ1v) is 12.9. The molecule has 2 aromatic carbocycles. The van der Waals surface area contributed by atoms with E-state index in [1.165, 1.54) is 4.31 Å². The highest BCUT2D eigenvalue weighted by atomic mass is 32.2. The number of likely N-dealkylation sites (N-methyl/N-ethyl adjacent to an activating group) is 1. The molecular weight excluding hydrogens is 456 g/mol. The lowest BCUT2D eigenvalue weighted by atomic mass is 10.0. The van der Waals surface area contributed by atoms with Crippen LogP contribution in [0.2, 0.25) is 0 Å². The van der Waals surface area contributed by atoms with Gasteiger partial charge in [-0.15, -0.1) is 0 Å². The highest BCUT2D eigenvalue weighted by Crippen LogP contribution is 2.37. The quantitative estimate of drug-likeness (QED) is 0.641. The summed E-state index contributed by atoms with van der Waals surface area (Å²) in [5, 5.41) is 9.77. The van der Waals surface area contributed by atoms with E-state index in [1.807, 2.05) is 31.2 Å². The fourth-order valence-electron chi connectivity index (χ4n) is 4.07. The summed E-state index contributed by atoms with van der Waals surface area (Å²) in [5.41, 5.74) is 1.63. The van der Waals surface area contributed by atoms with Gasteiger partial charge in [-0.25, -0.2) is 8.42 Å². The van der Waals surface area contributed by atoms with Crippen LogP contribution in [0.1, 0.15) is 27.2 Å². The number of sulfonamides is 1. The number of fused-ring (bicyclic) bond motifs is 1. The van der Waals surface area contributed by atoms with E-state index in [-0.39, 0.29) is 35.6 Å². The molecule has 0 spiro atoms. The molecule has 0 aliphatic carbocycles. The molecule has 9 heteroatoms. The Labute approximate surface area is 202 Å². The smallest absolute Gasteiger partial charge is 0.247 e. The molecular formula is C25H34N2O6S. The van der Waals surface area contributed by atoms with Gasteiger partial charge in [0.05, 0.1) is 20.3 Å². The Kier molecular flexibility index (Phi) is 8.22. The number of methoxy groups -OCH3 is 1. The Hall–Kier alpha value is -2.62. The highest BCUT2D eigenvalue weighted by Gasteiger charge is 2.38. The van der Waals surface area contributed by atoms with Crippen molar-refractivity contribution in [2.24, 2.45) is 5.92 Å². The summed E-state index contributed by atoms with van der Waals surface area (Å²) in [6, 6.07) is 11.9. The van der Waals surface area contributed by atoms with Crippen LogP contribution in [-0.2, 0) is 14.8 Å². The fraction of sp³-hybridized carbons (Fsp3) is 0.480. The third kappa shape index (κ3) is 5.37. The predicted octanol–water partition coefficient (Wildman–Crippen LogP) is 3.00. The van der Waals surface area contributed by atoms with Gasteiger partial charge in [-0.2, -0.15) is 4.31 Å². The van der Waals surface area contributed by atoms with Gasteiger partial charge in [0.1, 0.15) is 22.5 Å². The largest absolute Gasteiger partial charge is 0.497 e. The number of ether oxygens (including phenoxy) is 2. The Balaban J connectivity index is 2.12. The van der Waals surface area contributed by atoms with Gasteiger partial charge < -0.3 is 19.5 Å². The Morgan fingerprint density at radius 2 is 1.97 bits per heavy atom. The molecule has 8 nitrogen and oxygen atoms in total. The molecule has 0 bridgehead atoms. The first kappa shape index (κ1) is 26.0. The second kappa shape index (κ2) is 10.8. The van der Waals surface area contributed by atoms with Crippen molar-refractivity contribution in [3.05, 3.63) is 42.5 Å². The van der Waals surface area contributed by atoms with Gasteiger partial charge in [0.15, 0.2) is 0 Å². The van der Waals surface area contributed by atoms with E-state index in [4.69, 9.17) is 9.47 Å². The Morgan fingerprint density at radius 3 is 2.62 bits per heavy atom. The lowest BCUT2D eigenvalue weighted by Gasteiger charge is -2.37. The number of benzene rings is 2. The summed E-state index contributed by atoms with van der Waals surface area (Å²) in [5.74, 6) is 0.664. The van der Waals surface area contributed by atoms with Gasteiger partial charge in [0, 0.05) is 32.0 Å². The van der Waals surface area contributed by atoms with Gasteiger partial charge >= 0.3 is 0 Å². The van der Waals surface area contributed by atoms with Crippen molar-refractivity contribution in [2.45, 2.75) is 44.2 Å². The van der Waals surface area contributed by atoms with E-state index in [1.54, 1.807) is 51.1 Å². The Morgan fingerprint density at radius 1 is 1.26 bits per heavy atom. The summed E-state index contributed by atoms with van der Waals surface area (Å²) in [4.78, 5) is 13.9. The number of hydrogen-bond donors (Lipinski definition) is 1. The molecule has 3 atom stereocenters. The van der Waals surface area contributed by atoms with Crippen molar-refractivity contribution in [1.82, 2.24) is 9.21 Å². The van der Waals surface area contributed by atoms with Crippen molar-refractivity contribution in [3.8, 4) is 22.6 Å². The number of carbonyl (C=O) groups excluding carboxylic acids is 1. The number of nitrogens with zero attached hydrogens (tertiary/aromatic N) is 2. The molecule has 0 saturated heterocycles. The standard InChI is InChI=1S/C25H34N2O6S/c1-6-25(29)26(4)15-23-17(2)14-27(18(3)16-28)34(30,31)24-11-10-20(13-22(24)33-23)19-8-7-9-21(12-19)32-5/h7-13,17-18,23,28H,6,14-16H2,1-5H3/t17-,18-,23+/m0/s1. The van der Waals surface area contributed by atoms with E-state index in [2.05, 4.69) is 0 Å². The minimum Gasteiger partial charge on any atom is -0.497 e. The molecule has 0 unspecified atom stereocenters. The summed E-state index contributed by atoms with van der Waals surface area (Å²) in [6.07, 6.45) is -0.0698. The van der Waals surface area contributed by atoms with Crippen molar-refractivity contribution in [2.75, 3.05) is 33.9 Å². The van der Waals surface area contributed by atoms with Gasteiger partial charge in [0.2, 0.25) is 15.9 Å². The number of amides is 1. The number of aliphatic hydroxyl groups excluding tert-OH is 1. The van der Waals surface area contributed by atoms with Crippen LogP contribution >= 0.6 is 0 Å². The van der Waals surface area contributed by atoms with E-state index in [0.717, 1.165) is 11.1 Å². The fourth-order valence-corrected chi connectivity index (χ4v) is 5.89. The summed E-state index contributed by atoms with van der Waals surface area (Å²) < 4.78 is 40.2. The molecule has 1 aliphatic heterocycles. The zero-order valence-electron chi connectivity index (χ0n) is 20.4. The number of aliphatic hydroxyl groups is 1. The molecule has 34 heavy (non-hydrogen) atoms. The van der Waals surface area contributed by atoms with Gasteiger partial charge in [-0.05, 0) is 42.3 Å². The predicted molar refractivity (Wildman–Crippen MR) is 130 cm³/mol. The topological polar surface area (TPSA) is 96.4 Å². The molecule has 1 heterocycles. The van der Waals surface area contributed by atoms with Crippen LogP contribution in [0.4, 0.5) is 0 Å². The lowest BCUT2D eigenvalue weighted by Crippen LogP contribution is -2.50. The van der Waals surface area contributed by atoms with Crippen molar-refractivity contribution in [3.63, 3.8) is 0 Å². The molecule has 0 saturated carbocycles. The van der Waals surface area contributed by atoms with Crippen LogP contribution in [0, 0.1) is 5.92 Å². The second-order valence-corrected chi connectivity index (χ2v) is 10.6. The summed E-state index contributed by atoms with van der Waals surface area (Å²) >= 11 is 0. The Bertz CT molecular complexity index is 1120. The number of hydrogen-bond acceptors (Lipinski definition) is 6. The van der Waals surface area contributed by atoms with E-state index in [9.17, 15) is 18.3 Å². The van der Waals surface area contributed by atoms with E-state index >= 15 is 0 Å². The average Bonchev–Trinajstić information content (AvgIpc) is 2.84. The second-order valence-electron chi connectivity index (χ2n) is 8.76. The number of rotatable bonds is 7. The minimum atomic E-state index is -3.93. The van der Waals surface area contributed by atoms with Crippen LogP contribution < -0.4 is 9.47 Å². The maximum Gasteiger partial charge on any atom is 0.247 e. The van der Waals surface area contributed by atoms with Crippen LogP contribution in [0.15, 0.2) is 47.4 Å². The summed E-state index contributed by atoms with van der Waals surface area (Å²) in [6.45, 7) is 5.56. The molecule has 2 aromatic rings. The first-order chi connectivity index (χ1) is 16.1. The van der Waals surface area contributed by atoms with Crippen molar-refractivity contribution >= 4 is 15.9 Å². The molecule has 186 valence electrons. The molecule has 1 N–H and O–H groups in total. The zero-order chi connectivity index (χ0) is 25.0. The lowest BCUT2D eigenvalue weighted by molar-refractivity contribution is -0.131. The van der Waals surface area contributed by atoms with E-state index in [0.29, 0.717) is 18.7 Å². The highest BCUT2D eigenvalue weighted by molar-refractivity contribution is 7.89. The van der Waals surface area contributed by atoms with Crippen LogP contribution in [0.25, 0.3) is 11.1 Å². The van der Waals surface area contributed by atoms with Crippen molar-refractivity contribution < 1.29 is 27.8 Å². The molecule has 0 radical (unpaired) electrons. The van der Waals surface area contributed by atoms with Crippen molar-refractivity contribution in [1.29, 1.82) is 0 Å². The molecule has 0 fully saturated rings. The molecule has 3 rings (SSSR count).